The molecule has 0 aromatic carbocycles. The molecular formula is C14H22N2. The van der Waals surface area contributed by atoms with Gasteiger partial charge in [-0.15, -0.1) is 0 Å². The molecule has 1 atom stereocenters. The SMILES string of the molecule is CCc1cccnc1C(N)CC1CCCC1. The average molecular weight is 218 g/mol. The van der Waals surface area contributed by atoms with Crippen LogP contribution in [-0.4, -0.2) is 4.98 Å². The highest BCUT2D eigenvalue weighted by molar-refractivity contribution is 5.22. The Bertz CT molecular complexity index is 329. The molecule has 2 N–H and O–H groups in total. The minimum absolute atomic E-state index is 0.138. The van der Waals surface area contributed by atoms with Crippen LogP contribution in [0.25, 0.3) is 0 Å². The maximum atomic E-state index is 6.29. The Morgan fingerprint density at radius 2 is 2.19 bits per heavy atom. The second-order valence-electron chi connectivity index (χ2n) is 4.89. The maximum absolute atomic E-state index is 6.29. The lowest BCUT2D eigenvalue weighted by Crippen LogP contribution is -2.17. The van der Waals surface area contributed by atoms with E-state index in [2.05, 4.69) is 18.0 Å². The van der Waals surface area contributed by atoms with Crippen molar-refractivity contribution in [3.63, 3.8) is 0 Å². The topological polar surface area (TPSA) is 38.9 Å². The second-order valence-corrected chi connectivity index (χ2v) is 4.89. The molecule has 88 valence electrons. The molecule has 1 fully saturated rings. The Morgan fingerprint density at radius 1 is 1.44 bits per heavy atom. The van der Waals surface area contributed by atoms with E-state index in [1.165, 1.54) is 31.2 Å². The molecule has 1 saturated carbocycles. The molecule has 1 aromatic rings. The second kappa shape index (κ2) is 5.44. The molecule has 2 nitrogen and oxygen atoms in total. The number of nitrogens with two attached hydrogens (primary N) is 1. The smallest absolute Gasteiger partial charge is 0.0602 e. The van der Waals surface area contributed by atoms with Crippen LogP contribution in [0.15, 0.2) is 18.3 Å². The van der Waals surface area contributed by atoms with E-state index < -0.39 is 0 Å². The standard InChI is InChI=1S/C14H22N2/c1-2-12-8-5-9-16-14(12)13(15)10-11-6-3-4-7-11/h5,8-9,11,13H,2-4,6-7,10,15H2,1H3. The van der Waals surface area contributed by atoms with Crippen molar-refractivity contribution < 1.29 is 0 Å². The minimum Gasteiger partial charge on any atom is -0.323 e. The monoisotopic (exact) mass is 218 g/mol. The van der Waals surface area contributed by atoms with Crippen LogP contribution in [0, 0.1) is 5.92 Å². The van der Waals surface area contributed by atoms with E-state index in [4.69, 9.17) is 5.73 Å². The quantitative estimate of drug-likeness (QED) is 0.842. The summed E-state index contributed by atoms with van der Waals surface area (Å²) in [7, 11) is 0. The zero-order valence-corrected chi connectivity index (χ0v) is 10.2. The first-order valence-electron chi connectivity index (χ1n) is 6.50. The molecule has 1 unspecified atom stereocenters. The molecule has 16 heavy (non-hydrogen) atoms. The summed E-state index contributed by atoms with van der Waals surface area (Å²) < 4.78 is 0. The Morgan fingerprint density at radius 3 is 2.88 bits per heavy atom. The van der Waals surface area contributed by atoms with Crippen LogP contribution in [-0.2, 0) is 6.42 Å². The summed E-state index contributed by atoms with van der Waals surface area (Å²) in [4.78, 5) is 4.47. The van der Waals surface area contributed by atoms with Crippen LogP contribution < -0.4 is 5.73 Å². The molecule has 0 radical (unpaired) electrons. The van der Waals surface area contributed by atoms with Gasteiger partial charge in [0.25, 0.3) is 0 Å². The van der Waals surface area contributed by atoms with Crippen LogP contribution >= 0.6 is 0 Å². The van der Waals surface area contributed by atoms with Gasteiger partial charge in [-0.1, -0.05) is 38.7 Å². The fourth-order valence-corrected chi connectivity index (χ4v) is 2.80. The zero-order valence-electron chi connectivity index (χ0n) is 10.2. The van der Waals surface area contributed by atoms with Gasteiger partial charge >= 0.3 is 0 Å². The van der Waals surface area contributed by atoms with Gasteiger partial charge in [0.2, 0.25) is 0 Å². The fraction of sp³-hybridized carbons (Fsp3) is 0.643. The zero-order chi connectivity index (χ0) is 11.4. The normalized spacial score (nSPS) is 18.9. The van der Waals surface area contributed by atoms with Crippen LogP contribution in [0.1, 0.15) is 56.3 Å². The van der Waals surface area contributed by atoms with Crippen LogP contribution in [0.2, 0.25) is 0 Å². The lowest BCUT2D eigenvalue weighted by atomic mass is 9.94. The molecular weight excluding hydrogens is 196 g/mol. The van der Waals surface area contributed by atoms with Gasteiger partial charge in [-0.05, 0) is 30.4 Å². The Balaban J connectivity index is 2.04. The van der Waals surface area contributed by atoms with Gasteiger partial charge in [-0.3, -0.25) is 4.98 Å². The van der Waals surface area contributed by atoms with Crippen molar-refractivity contribution in [3.05, 3.63) is 29.6 Å². The molecule has 1 heterocycles. The Kier molecular flexibility index (Phi) is 3.94. The molecule has 1 aromatic heterocycles. The van der Waals surface area contributed by atoms with Crippen molar-refractivity contribution in [2.45, 2.75) is 51.5 Å². The Labute approximate surface area is 98.3 Å². The van der Waals surface area contributed by atoms with Crippen molar-refractivity contribution in [2.24, 2.45) is 11.7 Å². The van der Waals surface area contributed by atoms with Gasteiger partial charge in [-0.2, -0.15) is 0 Å². The lowest BCUT2D eigenvalue weighted by molar-refractivity contribution is 0.444. The predicted octanol–water partition coefficient (Wildman–Crippen LogP) is 3.22. The highest BCUT2D eigenvalue weighted by atomic mass is 14.8. The van der Waals surface area contributed by atoms with Crippen LogP contribution in [0.3, 0.4) is 0 Å². The van der Waals surface area contributed by atoms with E-state index in [-0.39, 0.29) is 6.04 Å². The maximum Gasteiger partial charge on any atom is 0.0602 e. The van der Waals surface area contributed by atoms with E-state index in [0.29, 0.717) is 0 Å². The summed E-state index contributed by atoms with van der Waals surface area (Å²) in [5.41, 5.74) is 8.72. The molecule has 0 saturated heterocycles. The summed E-state index contributed by atoms with van der Waals surface area (Å²) in [5.74, 6) is 0.835. The number of aryl methyl sites for hydroxylation is 1. The van der Waals surface area contributed by atoms with Crippen molar-refractivity contribution in [1.29, 1.82) is 0 Å². The van der Waals surface area contributed by atoms with Crippen molar-refractivity contribution in [2.75, 3.05) is 0 Å². The van der Waals surface area contributed by atoms with Gasteiger partial charge in [0.05, 0.1) is 5.69 Å². The van der Waals surface area contributed by atoms with Gasteiger partial charge in [-0.25, -0.2) is 0 Å². The summed E-state index contributed by atoms with van der Waals surface area (Å²) in [6.07, 6.45) is 9.51. The molecule has 0 spiro atoms. The minimum atomic E-state index is 0.138. The van der Waals surface area contributed by atoms with Gasteiger partial charge in [0, 0.05) is 12.2 Å². The first kappa shape index (κ1) is 11.6. The molecule has 2 heteroatoms. The van der Waals surface area contributed by atoms with E-state index in [1.54, 1.807) is 0 Å². The molecule has 1 aliphatic carbocycles. The number of hydrogen-bond acceptors (Lipinski definition) is 2. The summed E-state index contributed by atoms with van der Waals surface area (Å²) in [6.45, 7) is 2.17. The highest BCUT2D eigenvalue weighted by Crippen LogP contribution is 2.32. The molecule has 2 rings (SSSR count). The van der Waals surface area contributed by atoms with E-state index in [9.17, 15) is 0 Å². The fourth-order valence-electron chi connectivity index (χ4n) is 2.80. The summed E-state index contributed by atoms with van der Waals surface area (Å²) >= 11 is 0. The molecule has 0 aliphatic heterocycles. The number of rotatable bonds is 4. The summed E-state index contributed by atoms with van der Waals surface area (Å²) in [6, 6.07) is 4.29. The molecule has 1 aliphatic rings. The van der Waals surface area contributed by atoms with E-state index >= 15 is 0 Å². The van der Waals surface area contributed by atoms with Crippen molar-refractivity contribution in [3.8, 4) is 0 Å². The highest BCUT2D eigenvalue weighted by Gasteiger charge is 2.20. The van der Waals surface area contributed by atoms with Gasteiger partial charge < -0.3 is 5.73 Å². The number of pyridine rings is 1. The predicted molar refractivity (Wildman–Crippen MR) is 67.1 cm³/mol. The summed E-state index contributed by atoms with van der Waals surface area (Å²) in [5, 5.41) is 0. The number of aromatic nitrogens is 1. The van der Waals surface area contributed by atoms with Crippen molar-refractivity contribution >= 4 is 0 Å². The number of hydrogen-bond donors (Lipinski definition) is 1. The largest absolute Gasteiger partial charge is 0.323 e. The molecule has 0 bridgehead atoms. The lowest BCUT2D eigenvalue weighted by Gasteiger charge is -2.18. The molecule has 0 amide bonds. The van der Waals surface area contributed by atoms with Crippen LogP contribution in [0.4, 0.5) is 0 Å². The van der Waals surface area contributed by atoms with Gasteiger partial charge in [0.1, 0.15) is 0 Å². The average Bonchev–Trinajstić information content (AvgIpc) is 2.81. The third-order valence-corrected chi connectivity index (χ3v) is 3.72. The Hall–Kier alpha value is -0.890. The third kappa shape index (κ3) is 2.62. The first-order chi connectivity index (χ1) is 7.81. The van der Waals surface area contributed by atoms with Crippen molar-refractivity contribution in [1.82, 2.24) is 4.98 Å². The van der Waals surface area contributed by atoms with E-state index in [1.807, 2.05) is 12.3 Å². The number of nitrogens with zero attached hydrogens (tertiary/aromatic N) is 1. The first-order valence-corrected chi connectivity index (χ1v) is 6.50. The van der Waals surface area contributed by atoms with E-state index in [0.717, 1.165) is 24.5 Å². The van der Waals surface area contributed by atoms with Gasteiger partial charge in [0.15, 0.2) is 0 Å². The third-order valence-electron chi connectivity index (χ3n) is 3.72. The van der Waals surface area contributed by atoms with Crippen LogP contribution in [0.5, 0.6) is 0 Å².